The highest BCUT2D eigenvalue weighted by Crippen LogP contribution is 2.31. The Hall–Kier alpha value is -2.13. The molecule has 1 aliphatic heterocycles. The van der Waals surface area contributed by atoms with Crippen molar-refractivity contribution < 1.29 is 0 Å². The molecule has 2 aromatic heterocycles. The second-order valence-electron chi connectivity index (χ2n) is 7.57. The highest BCUT2D eigenvalue weighted by molar-refractivity contribution is 5.86. The summed E-state index contributed by atoms with van der Waals surface area (Å²) in [5.74, 6) is 1.29. The fraction of sp³-hybridized carbons (Fsp3) is 0.409. The van der Waals surface area contributed by atoms with Gasteiger partial charge < -0.3 is 10.3 Å². The lowest BCUT2D eigenvalue weighted by molar-refractivity contribution is 0.373. The van der Waals surface area contributed by atoms with Crippen LogP contribution in [0.1, 0.15) is 43.7 Å². The molecule has 0 spiro atoms. The van der Waals surface area contributed by atoms with Crippen LogP contribution in [-0.2, 0) is 6.42 Å². The van der Waals surface area contributed by atoms with Gasteiger partial charge >= 0.3 is 0 Å². The molecule has 4 rings (SSSR count). The Morgan fingerprint density at radius 2 is 1.96 bits per heavy atom. The number of benzene rings is 1. The number of piperidine rings is 1. The number of pyridine rings is 1. The van der Waals surface area contributed by atoms with E-state index in [9.17, 15) is 0 Å². The Balaban J connectivity index is 1.71. The molecular weight excluding hydrogens is 306 g/mol. The first-order valence-electron chi connectivity index (χ1n) is 9.48. The molecule has 1 fully saturated rings. The van der Waals surface area contributed by atoms with Crippen molar-refractivity contribution >= 4 is 10.9 Å². The maximum Gasteiger partial charge on any atom is 0.0712 e. The van der Waals surface area contributed by atoms with Crippen molar-refractivity contribution in [3.8, 4) is 11.3 Å². The largest absolute Gasteiger partial charge is 0.360 e. The molecule has 1 saturated heterocycles. The number of H-pyrrole nitrogens is 1. The van der Waals surface area contributed by atoms with Crippen LogP contribution < -0.4 is 5.32 Å². The standard InChI is InChI=1S/C22H27N3/c1-15(2)18-5-3-4-6-19(18)21-12-20-17(13-24-22(20)14-25-21)11-16-7-9-23-10-8-16/h3-6,12-16,23-24H,7-11H2,1-2H3. The number of nitrogens with one attached hydrogen (secondary N) is 2. The van der Waals surface area contributed by atoms with Crippen LogP contribution in [0, 0.1) is 5.92 Å². The number of rotatable bonds is 4. The van der Waals surface area contributed by atoms with E-state index in [1.807, 2.05) is 6.20 Å². The lowest BCUT2D eigenvalue weighted by atomic mass is 9.90. The molecule has 0 aliphatic carbocycles. The van der Waals surface area contributed by atoms with Gasteiger partial charge in [-0.1, -0.05) is 38.1 Å². The Bertz CT molecular complexity index is 857. The molecule has 25 heavy (non-hydrogen) atoms. The fourth-order valence-corrected chi connectivity index (χ4v) is 4.03. The summed E-state index contributed by atoms with van der Waals surface area (Å²) in [5.41, 5.74) is 6.29. The van der Waals surface area contributed by atoms with Crippen molar-refractivity contribution in [1.29, 1.82) is 0 Å². The first-order chi connectivity index (χ1) is 12.2. The van der Waals surface area contributed by atoms with E-state index in [2.05, 4.69) is 60.7 Å². The molecule has 0 saturated carbocycles. The van der Waals surface area contributed by atoms with Crippen molar-refractivity contribution in [3.63, 3.8) is 0 Å². The Labute approximate surface area is 149 Å². The van der Waals surface area contributed by atoms with Gasteiger partial charge in [-0.05, 0) is 61.4 Å². The highest BCUT2D eigenvalue weighted by atomic mass is 14.9. The summed E-state index contributed by atoms with van der Waals surface area (Å²) >= 11 is 0. The van der Waals surface area contributed by atoms with Crippen LogP contribution in [0.5, 0.6) is 0 Å². The molecule has 3 aromatic rings. The van der Waals surface area contributed by atoms with Crippen LogP contribution in [0.25, 0.3) is 22.2 Å². The minimum Gasteiger partial charge on any atom is -0.360 e. The average Bonchev–Trinajstić information content (AvgIpc) is 3.04. The summed E-state index contributed by atoms with van der Waals surface area (Å²) in [6, 6.07) is 10.9. The fourth-order valence-electron chi connectivity index (χ4n) is 4.03. The number of hydrogen-bond donors (Lipinski definition) is 2. The van der Waals surface area contributed by atoms with Crippen LogP contribution in [0.15, 0.2) is 42.7 Å². The zero-order chi connectivity index (χ0) is 17.2. The third-order valence-corrected chi connectivity index (χ3v) is 5.48. The Morgan fingerprint density at radius 3 is 2.76 bits per heavy atom. The SMILES string of the molecule is CC(C)c1ccccc1-c1cc2c(CC3CCNCC3)c[nH]c2cn1. The highest BCUT2D eigenvalue weighted by Gasteiger charge is 2.17. The van der Waals surface area contributed by atoms with Gasteiger partial charge in [-0.15, -0.1) is 0 Å². The zero-order valence-electron chi connectivity index (χ0n) is 15.2. The predicted octanol–water partition coefficient (Wildman–Crippen LogP) is 4.90. The molecule has 3 heteroatoms. The second-order valence-corrected chi connectivity index (χ2v) is 7.57. The second kappa shape index (κ2) is 7.01. The minimum atomic E-state index is 0.495. The van der Waals surface area contributed by atoms with Gasteiger partial charge in [0.15, 0.2) is 0 Å². The molecule has 1 aliphatic rings. The van der Waals surface area contributed by atoms with Gasteiger partial charge in [0, 0.05) is 17.1 Å². The van der Waals surface area contributed by atoms with Crippen molar-refractivity contribution in [1.82, 2.24) is 15.3 Å². The topological polar surface area (TPSA) is 40.7 Å². The minimum absolute atomic E-state index is 0.495. The van der Waals surface area contributed by atoms with E-state index in [1.165, 1.54) is 34.9 Å². The van der Waals surface area contributed by atoms with Gasteiger partial charge in [0.1, 0.15) is 0 Å². The van der Waals surface area contributed by atoms with E-state index in [4.69, 9.17) is 4.98 Å². The molecule has 0 unspecified atom stereocenters. The lowest BCUT2D eigenvalue weighted by Crippen LogP contribution is -2.28. The van der Waals surface area contributed by atoms with Crippen molar-refractivity contribution in [2.45, 2.75) is 39.0 Å². The molecule has 130 valence electrons. The Morgan fingerprint density at radius 1 is 1.16 bits per heavy atom. The molecular formula is C22H27N3. The van der Waals surface area contributed by atoms with Gasteiger partial charge in [-0.25, -0.2) is 0 Å². The van der Waals surface area contributed by atoms with E-state index in [0.29, 0.717) is 5.92 Å². The summed E-state index contributed by atoms with van der Waals surface area (Å²) in [6.45, 7) is 6.80. The van der Waals surface area contributed by atoms with Crippen LogP contribution >= 0.6 is 0 Å². The van der Waals surface area contributed by atoms with E-state index in [0.717, 1.165) is 36.6 Å². The predicted molar refractivity (Wildman–Crippen MR) is 105 cm³/mol. The number of fused-ring (bicyclic) bond motifs is 1. The monoisotopic (exact) mass is 333 g/mol. The van der Waals surface area contributed by atoms with Crippen LogP contribution in [0.3, 0.4) is 0 Å². The summed E-state index contributed by atoms with van der Waals surface area (Å²) in [4.78, 5) is 8.15. The molecule has 3 nitrogen and oxygen atoms in total. The van der Waals surface area contributed by atoms with Crippen molar-refractivity contribution in [2.75, 3.05) is 13.1 Å². The van der Waals surface area contributed by atoms with Gasteiger partial charge in [-0.3, -0.25) is 4.98 Å². The first-order valence-corrected chi connectivity index (χ1v) is 9.48. The van der Waals surface area contributed by atoms with E-state index < -0.39 is 0 Å². The Kier molecular flexibility index (Phi) is 4.58. The molecule has 3 heterocycles. The average molecular weight is 333 g/mol. The summed E-state index contributed by atoms with van der Waals surface area (Å²) < 4.78 is 0. The van der Waals surface area contributed by atoms with E-state index in [1.54, 1.807) is 0 Å². The van der Waals surface area contributed by atoms with E-state index in [-0.39, 0.29) is 0 Å². The molecule has 0 radical (unpaired) electrons. The number of aromatic amines is 1. The van der Waals surface area contributed by atoms with Gasteiger partial charge in [0.05, 0.1) is 17.4 Å². The van der Waals surface area contributed by atoms with Crippen LogP contribution in [0.4, 0.5) is 0 Å². The summed E-state index contributed by atoms with van der Waals surface area (Å²) in [6.07, 6.45) is 7.90. The quantitative estimate of drug-likeness (QED) is 0.713. The van der Waals surface area contributed by atoms with Gasteiger partial charge in [0.2, 0.25) is 0 Å². The third-order valence-electron chi connectivity index (χ3n) is 5.48. The van der Waals surface area contributed by atoms with Gasteiger partial charge in [-0.2, -0.15) is 0 Å². The molecule has 0 amide bonds. The van der Waals surface area contributed by atoms with Crippen LogP contribution in [0.2, 0.25) is 0 Å². The summed E-state index contributed by atoms with van der Waals surface area (Å²) in [5, 5.41) is 4.80. The number of aromatic nitrogens is 2. The molecule has 0 bridgehead atoms. The maximum absolute atomic E-state index is 4.74. The number of nitrogens with zero attached hydrogens (tertiary/aromatic N) is 1. The number of hydrogen-bond acceptors (Lipinski definition) is 2. The smallest absolute Gasteiger partial charge is 0.0712 e. The first kappa shape index (κ1) is 16.3. The normalized spacial score (nSPS) is 16.0. The zero-order valence-corrected chi connectivity index (χ0v) is 15.2. The van der Waals surface area contributed by atoms with Crippen LogP contribution in [-0.4, -0.2) is 23.1 Å². The summed E-state index contributed by atoms with van der Waals surface area (Å²) in [7, 11) is 0. The third kappa shape index (κ3) is 3.34. The van der Waals surface area contributed by atoms with Crippen molar-refractivity contribution in [2.24, 2.45) is 5.92 Å². The lowest BCUT2D eigenvalue weighted by Gasteiger charge is -2.22. The molecule has 1 aromatic carbocycles. The van der Waals surface area contributed by atoms with Gasteiger partial charge in [0.25, 0.3) is 0 Å². The maximum atomic E-state index is 4.74. The molecule has 2 N–H and O–H groups in total. The van der Waals surface area contributed by atoms with E-state index >= 15 is 0 Å². The van der Waals surface area contributed by atoms with Crippen molar-refractivity contribution in [3.05, 3.63) is 53.9 Å². The molecule has 0 atom stereocenters.